The predicted octanol–water partition coefficient (Wildman–Crippen LogP) is 2.73. The quantitative estimate of drug-likeness (QED) is 0.808. The second kappa shape index (κ2) is 8.86. The zero-order valence-corrected chi connectivity index (χ0v) is 16.6. The highest BCUT2D eigenvalue weighted by Gasteiger charge is 2.15. The van der Waals surface area contributed by atoms with Crippen LogP contribution < -0.4 is 10.9 Å². The van der Waals surface area contributed by atoms with Crippen LogP contribution >= 0.6 is 0 Å². The van der Waals surface area contributed by atoms with Crippen LogP contribution in [0.2, 0.25) is 0 Å². The van der Waals surface area contributed by atoms with Crippen LogP contribution in [0.4, 0.5) is 0 Å². The van der Waals surface area contributed by atoms with E-state index in [2.05, 4.69) is 10.2 Å². The first-order chi connectivity index (χ1) is 13.7. The number of fused-ring (bicyclic) bond motifs is 2. The fourth-order valence-electron chi connectivity index (χ4n) is 4.35. The summed E-state index contributed by atoms with van der Waals surface area (Å²) in [7, 11) is 0. The molecule has 3 heterocycles. The average Bonchev–Trinajstić information content (AvgIpc) is 2.97. The summed E-state index contributed by atoms with van der Waals surface area (Å²) in [6, 6.07) is 5.27. The molecule has 0 aliphatic carbocycles. The van der Waals surface area contributed by atoms with Crippen molar-refractivity contribution in [1.29, 1.82) is 0 Å². The van der Waals surface area contributed by atoms with Gasteiger partial charge in [0.1, 0.15) is 5.82 Å². The molecule has 6 nitrogen and oxygen atoms in total. The number of nitrogens with zero attached hydrogens (tertiary/aromatic N) is 3. The third-order valence-electron chi connectivity index (χ3n) is 5.96. The molecular weight excluding hydrogens is 352 g/mol. The number of nitrogens with one attached hydrogen (secondary N) is 1. The maximum Gasteiger partial charge on any atom is 0.261 e. The number of benzene rings is 1. The Morgan fingerprint density at radius 2 is 1.82 bits per heavy atom. The van der Waals surface area contributed by atoms with Gasteiger partial charge in [-0.2, -0.15) is 0 Å². The van der Waals surface area contributed by atoms with E-state index in [-0.39, 0.29) is 11.5 Å². The van der Waals surface area contributed by atoms with Gasteiger partial charge in [-0.1, -0.05) is 12.8 Å². The van der Waals surface area contributed by atoms with Crippen molar-refractivity contribution in [2.75, 3.05) is 26.2 Å². The SMILES string of the molecule is O=C(NCCCN1CCCCC1)c1ccc2c(=O)n3c(nc2c1)CCCCC3. The lowest BCUT2D eigenvalue weighted by molar-refractivity contribution is 0.0951. The minimum absolute atomic E-state index is 0.0235. The number of hydrogen-bond acceptors (Lipinski definition) is 4. The van der Waals surface area contributed by atoms with Gasteiger partial charge in [-0.3, -0.25) is 14.2 Å². The molecule has 28 heavy (non-hydrogen) atoms. The van der Waals surface area contributed by atoms with Crippen molar-refractivity contribution in [3.8, 4) is 0 Å². The lowest BCUT2D eigenvalue weighted by Crippen LogP contribution is -2.33. The van der Waals surface area contributed by atoms with E-state index in [9.17, 15) is 9.59 Å². The van der Waals surface area contributed by atoms with Gasteiger partial charge < -0.3 is 10.2 Å². The van der Waals surface area contributed by atoms with E-state index in [1.807, 2.05) is 4.57 Å². The molecule has 6 heteroatoms. The highest BCUT2D eigenvalue weighted by molar-refractivity contribution is 5.97. The second-order valence-corrected chi connectivity index (χ2v) is 8.04. The topological polar surface area (TPSA) is 67.2 Å². The Labute approximate surface area is 165 Å². The summed E-state index contributed by atoms with van der Waals surface area (Å²) in [4.78, 5) is 32.5. The second-order valence-electron chi connectivity index (χ2n) is 8.04. The minimum atomic E-state index is -0.0858. The molecule has 0 saturated carbocycles. The summed E-state index contributed by atoms with van der Waals surface area (Å²) in [5, 5.41) is 3.62. The molecule has 0 spiro atoms. The van der Waals surface area contributed by atoms with Crippen molar-refractivity contribution in [1.82, 2.24) is 19.8 Å². The van der Waals surface area contributed by atoms with Crippen LogP contribution in [0, 0.1) is 0 Å². The van der Waals surface area contributed by atoms with Gasteiger partial charge in [-0.25, -0.2) is 4.98 Å². The van der Waals surface area contributed by atoms with Crippen molar-refractivity contribution >= 4 is 16.8 Å². The van der Waals surface area contributed by atoms with E-state index in [0.717, 1.165) is 51.0 Å². The van der Waals surface area contributed by atoms with Gasteiger partial charge in [0.05, 0.1) is 10.9 Å². The van der Waals surface area contributed by atoms with E-state index in [0.29, 0.717) is 23.0 Å². The van der Waals surface area contributed by atoms with Gasteiger partial charge in [0, 0.05) is 25.1 Å². The maximum atomic E-state index is 12.8. The number of carbonyl (C=O) groups is 1. The minimum Gasteiger partial charge on any atom is -0.352 e. The largest absolute Gasteiger partial charge is 0.352 e. The third-order valence-corrected chi connectivity index (χ3v) is 5.96. The molecule has 2 aliphatic rings. The van der Waals surface area contributed by atoms with Crippen molar-refractivity contribution in [2.45, 2.75) is 57.9 Å². The number of rotatable bonds is 5. The highest BCUT2D eigenvalue weighted by atomic mass is 16.1. The summed E-state index contributed by atoms with van der Waals surface area (Å²) in [5.41, 5.74) is 1.24. The molecule has 1 fully saturated rings. The lowest BCUT2D eigenvalue weighted by atomic mass is 10.1. The molecule has 2 aliphatic heterocycles. The first kappa shape index (κ1) is 19.1. The van der Waals surface area contributed by atoms with Gasteiger partial charge in [0.15, 0.2) is 0 Å². The predicted molar refractivity (Wildman–Crippen MR) is 111 cm³/mol. The van der Waals surface area contributed by atoms with Crippen LogP contribution in [0.1, 0.15) is 61.1 Å². The maximum absolute atomic E-state index is 12.8. The molecular formula is C22H30N4O2. The van der Waals surface area contributed by atoms with Crippen LogP contribution in [0.25, 0.3) is 10.9 Å². The third kappa shape index (κ3) is 4.27. The van der Waals surface area contributed by atoms with E-state index in [1.54, 1.807) is 18.2 Å². The highest BCUT2D eigenvalue weighted by Crippen LogP contribution is 2.16. The Morgan fingerprint density at radius 1 is 1.04 bits per heavy atom. The van der Waals surface area contributed by atoms with Gasteiger partial charge in [-0.15, -0.1) is 0 Å². The van der Waals surface area contributed by atoms with Crippen molar-refractivity contribution in [2.24, 2.45) is 0 Å². The Balaban J connectivity index is 1.42. The van der Waals surface area contributed by atoms with Crippen molar-refractivity contribution in [3.05, 3.63) is 39.9 Å². The zero-order chi connectivity index (χ0) is 19.3. The lowest BCUT2D eigenvalue weighted by Gasteiger charge is -2.26. The molecule has 1 aromatic heterocycles. The molecule has 4 rings (SSSR count). The van der Waals surface area contributed by atoms with Gasteiger partial charge in [0.2, 0.25) is 0 Å². The van der Waals surface area contributed by atoms with E-state index < -0.39 is 0 Å². The first-order valence-electron chi connectivity index (χ1n) is 10.8. The Kier molecular flexibility index (Phi) is 6.05. The summed E-state index contributed by atoms with van der Waals surface area (Å²) >= 11 is 0. The summed E-state index contributed by atoms with van der Waals surface area (Å²) in [6.07, 6.45) is 8.94. The average molecular weight is 383 g/mol. The molecule has 1 N–H and O–H groups in total. The molecule has 0 bridgehead atoms. The first-order valence-corrected chi connectivity index (χ1v) is 10.8. The number of aromatic nitrogens is 2. The molecule has 0 unspecified atom stereocenters. The Bertz CT molecular complexity index is 899. The van der Waals surface area contributed by atoms with E-state index >= 15 is 0 Å². The molecule has 1 amide bonds. The molecule has 2 aromatic rings. The number of carbonyl (C=O) groups excluding carboxylic acids is 1. The van der Waals surface area contributed by atoms with Gasteiger partial charge >= 0.3 is 0 Å². The van der Waals surface area contributed by atoms with Gasteiger partial charge in [-0.05, 0) is 69.9 Å². The number of piperidine rings is 1. The summed E-state index contributed by atoms with van der Waals surface area (Å²) < 4.78 is 1.82. The molecule has 0 atom stereocenters. The summed E-state index contributed by atoms with van der Waals surface area (Å²) in [5.74, 6) is 0.770. The van der Waals surface area contributed by atoms with Gasteiger partial charge in [0.25, 0.3) is 11.5 Å². The van der Waals surface area contributed by atoms with E-state index in [4.69, 9.17) is 4.98 Å². The molecule has 1 saturated heterocycles. The van der Waals surface area contributed by atoms with Crippen LogP contribution in [-0.2, 0) is 13.0 Å². The van der Waals surface area contributed by atoms with E-state index in [1.165, 1.54) is 32.4 Å². The molecule has 150 valence electrons. The number of hydrogen-bond donors (Lipinski definition) is 1. The van der Waals surface area contributed by atoms with Crippen LogP contribution in [0.15, 0.2) is 23.0 Å². The fraction of sp³-hybridized carbons (Fsp3) is 0.591. The zero-order valence-electron chi connectivity index (χ0n) is 16.6. The van der Waals surface area contributed by atoms with Crippen LogP contribution in [0.5, 0.6) is 0 Å². The smallest absolute Gasteiger partial charge is 0.261 e. The number of likely N-dealkylation sites (tertiary alicyclic amines) is 1. The monoisotopic (exact) mass is 382 g/mol. The molecule has 1 aromatic carbocycles. The number of amides is 1. The van der Waals surface area contributed by atoms with Crippen molar-refractivity contribution < 1.29 is 4.79 Å². The Morgan fingerprint density at radius 3 is 2.68 bits per heavy atom. The molecule has 0 radical (unpaired) electrons. The normalized spacial score (nSPS) is 17.9. The summed E-state index contributed by atoms with van der Waals surface area (Å²) in [6.45, 7) is 4.83. The fourth-order valence-corrected chi connectivity index (χ4v) is 4.35. The van der Waals surface area contributed by atoms with Crippen LogP contribution in [0.3, 0.4) is 0 Å². The standard InChI is InChI=1S/C22H30N4O2/c27-21(23-11-7-14-25-12-4-2-5-13-25)17-9-10-18-19(16-17)24-20-8-3-1-6-15-26(20)22(18)28/h9-10,16H,1-8,11-15H2,(H,23,27). The van der Waals surface area contributed by atoms with Crippen molar-refractivity contribution in [3.63, 3.8) is 0 Å². The van der Waals surface area contributed by atoms with Crippen LogP contribution in [-0.4, -0.2) is 46.5 Å². The Hall–Kier alpha value is -2.21. The number of aryl methyl sites for hydroxylation is 1.